The second-order valence-corrected chi connectivity index (χ2v) is 6.51. The van der Waals surface area contributed by atoms with Gasteiger partial charge in [0.2, 0.25) is 0 Å². The number of amides is 3. The highest BCUT2D eigenvalue weighted by molar-refractivity contribution is 8.18. The summed E-state index contributed by atoms with van der Waals surface area (Å²) in [4.78, 5) is 37.9. The van der Waals surface area contributed by atoms with Crippen molar-refractivity contribution in [2.45, 2.75) is 0 Å². The zero-order valence-corrected chi connectivity index (χ0v) is 14.5. The predicted octanol–water partition coefficient (Wildman–Crippen LogP) is 2.86. The van der Waals surface area contributed by atoms with E-state index in [1.807, 2.05) is 30.3 Å². The Hall–Kier alpha value is -3.06. The fourth-order valence-electron chi connectivity index (χ4n) is 2.44. The summed E-state index contributed by atoms with van der Waals surface area (Å²) in [5.41, 5.74) is 0.983. The number of carbonyl (C=O) groups is 3. The fraction of sp³-hybridized carbons (Fsp3) is 0.105. The van der Waals surface area contributed by atoms with Crippen LogP contribution in [0.4, 0.5) is 4.79 Å². The van der Waals surface area contributed by atoms with Crippen molar-refractivity contribution in [2.75, 3.05) is 13.1 Å². The summed E-state index contributed by atoms with van der Waals surface area (Å²) in [6.07, 6.45) is 1.67. The lowest BCUT2D eigenvalue weighted by Crippen LogP contribution is -2.37. The zero-order chi connectivity index (χ0) is 18.5. The summed E-state index contributed by atoms with van der Waals surface area (Å²) in [6, 6.07) is 15.4. The molecule has 6 nitrogen and oxygen atoms in total. The lowest BCUT2D eigenvalue weighted by molar-refractivity contribution is -0.122. The van der Waals surface area contributed by atoms with Crippen LogP contribution in [0.2, 0.25) is 0 Å². The summed E-state index contributed by atoms with van der Waals surface area (Å²) in [7, 11) is 0. The van der Waals surface area contributed by atoms with Gasteiger partial charge in [-0.15, -0.1) is 0 Å². The van der Waals surface area contributed by atoms with Crippen LogP contribution >= 0.6 is 11.8 Å². The number of nitrogens with zero attached hydrogens (tertiary/aromatic N) is 1. The van der Waals surface area contributed by atoms with Gasteiger partial charge in [0.15, 0.2) is 0 Å². The quantitative estimate of drug-likeness (QED) is 0.793. The van der Waals surface area contributed by atoms with Crippen LogP contribution in [-0.4, -0.2) is 40.1 Å². The van der Waals surface area contributed by atoms with Crippen LogP contribution in [-0.2, 0) is 4.79 Å². The highest BCUT2D eigenvalue weighted by atomic mass is 32.2. The van der Waals surface area contributed by atoms with Gasteiger partial charge in [0.25, 0.3) is 17.1 Å². The van der Waals surface area contributed by atoms with Gasteiger partial charge in [0.1, 0.15) is 5.75 Å². The number of para-hydroxylation sites is 1. The summed E-state index contributed by atoms with van der Waals surface area (Å²) in [6.45, 7) is 0.167. The molecule has 26 heavy (non-hydrogen) atoms. The number of hydrogen-bond acceptors (Lipinski definition) is 5. The van der Waals surface area contributed by atoms with Gasteiger partial charge >= 0.3 is 0 Å². The molecule has 3 amide bonds. The van der Waals surface area contributed by atoms with E-state index in [1.165, 1.54) is 12.1 Å². The van der Waals surface area contributed by atoms with Crippen LogP contribution in [0.5, 0.6) is 5.75 Å². The van der Waals surface area contributed by atoms with Crippen LogP contribution in [0, 0.1) is 0 Å². The molecule has 0 aromatic heterocycles. The van der Waals surface area contributed by atoms with Crippen molar-refractivity contribution >= 4 is 34.9 Å². The Labute approximate surface area is 154 Å². The molecule has 0 unspecified atom stereocenters. The molecule has 0 aliphatic carbocycles. The standard InChI is InChI=1S/C19H16N2O4S/c22-15-9-5-4-8-14(15)17(23)20-10-11-21-18(24)16(26-19(21)25)12-13-6-2-1-3-7-13/h1-9,12,22H,10-11H2,(H,20,23)/b16-12-. The van der Waals surface area contributed by atoms with Crippen LogP contribution in [0.1, 0.15) is 15.9 Å². The first kappa shape index (κ1) is 17.8. The molecule has 2 aromatic rings. The number of phenolic OH excluding ortho intramolecular Hbond substituents is 1. The topological polar surface area (TPSA) is 86.7 Å². The van der Waals surface area contributed by atoms with Gasteiger partial charge in [-0.2, -0.15) is 0 Å². The average Bonchev–Trinajstić information content (AvgIpc) is 2.90. The van der Waals surface area contributed by atoms with Gasteiger partial charge in [-0.25, -0.2) is 0 Å². The molecule has 0 radical (unpaired) electrons. The van der Waals surface area contributed by atoms with Crippen molar-refractivity contribution in [3.05, 3.63) is 70.6 Å². The van der Waals surface area contributed by atoms with E-state index in [0.717, 1.165) is 22.2 Å². The van der Waals surface area contributed by atoms with Gasteiger partial charge < -0.3 is 10.4 Å². The number of nitrogens with one attached hydrogen (secondary N) is 1. The lowest BCUT2D eigenvalue weighted by Gasteiger charge is -2.13. The predicted molar refractivity (Wildman–Crippen MR) is 99.6 cm³/mol. The zero-order valence-electron chi connectivity index (χ0n) is 13.7. The van der Waals surface area contributed by atoms with E-state index in [-0.39, 0.29) is 35.5 Å². The fourth-order valence-corrected chi connectivity index (χ4v) is 3.30. The van der Waals surface area contributed by atoms with Crippen molar-refractivity contribution in [1.29, 1.82) is 0 Å². The molecule has 0 spiro atoms. The number of benzene rings is 2. The van der Waals surface area contributed by atoms with Crippen molar-refractivity contribution in [3.63, 3.8) is 0 Å². The van der Waals surface area contributed by atoms with Gasteiger partial charge in [-0.3, -0.25) is 19.3 Å². The SMILES string of the molecule is O=C(NCCN1C(=O)S/C(=C\c2ccccc2)C1=O)c1ccccc1O. The average molecular weight is 368 g/mol. The van der Waals surface area contributed by atoms with Gasteiger partial charge in [0.05, 0.1) is 10.5 Å². The van der Waals surface area contributed by atoms with E-state index >= 15 is 0 Å². The Kier molecular flexibility index (Phi) is 5.38. The number of rotatable bonds is 5. The molecule has 7 heteroatoms. The number of thioether (sulfide) groups is 1. The maximum absolute atomic E-state index is 12.4. The Morgan fingerprint density at radius 1 is 1.08 bits per heavy atom. The minimum atomic E-state index is -0.463. The third-order valence-electron chi connectivity index (χ3n) is 3.74. The maximum Gasteiger partial charge on any atom is 0.293 e. The van der Waals surface area contributed by atoms with E-state index in [2.05, 4.69) is 5.32 Å². The molecule has 132 valence electrons. The monoisotopic (exact) mass is 368 g/mol. The number of hydrogen-bond donors (Lipinski definition) is 2. The summed E-state index contributed by atoms with van der Waals surface area (Å²) in [5.74, 6) is -0.961. The van der Waals surface area contributed by atoms with Gasteiger partial charge in [-0.05, 0) is 35.5 Å². The van der Waals surface area contributed by atoms with Crippen LogP contribution in [0.3, 0.4) is 0 Å². The Morgan fingerprint density at radius 2 is 1.77 bits per heavy atom. The highest BCUT2D eigenvalue weighted by Crippen LogP contribution is 2.31. The third-order valence-corrected chi connectivity index (χ3v) is 4.65. The largest absolute Gasteiger partial charge is 0.507 e. The molecule has 2 N–H and O–H groups in total. The molecule has 1 heterocycles. The smallest absolute Gasteiger partial charge is 0.293 e. The molecule has 0 bridgehead atoms. The minimum absolute atomic E-state index is 0.0656. The van der Waals surface area contributed by atoms with E-state index in [1.54, 1.807) is 18.2 Å². The van der Waals surface area contributed by atoms with Crippen molar-refractivity contribution < 1.29 is 19.5 Å². The molecule has 0 saturated carbocycles. The normalized spacial score (nSPS) is 15.5. The Morgan fingerprint density at radius 3 is 2.50 bits per heavy atom. The van der Waals surface area contributed by atoms with Crippen LogP contribution in [0.15, 0.2) is 59.5 Å². The number of aromatic hydroxyl groups is 1. The molecule has 1 aliphatic heterocycles. The van der Waals surface area contributed by atoms with Crippen molar-refractivity contribution in [3.8, 4) is 5.75 Å². The minimum Gasteiger partial charge on any atom is -0.507 e. The van der Waals surface area contributed by atoms with Crippen LogP contribution < -0.4 is 5.32 Å². The van der Waals surface area contributed by atoms with E-state index in [4.69, 9.17) is 0 Å². The number of carbonyl (C=O) groups excluding carboxylic acids is 3. The Bertz CT molecular complexity index is 880. The van der Waals surface area contributed by atoms with Gasteiger partial charge in [-0.1, -0.05) is 42.5 Å². The first-order valence-electron chi connectivity index (χ1n) is 7.93. The van der Waals surface area contributed by atoms with E-state index in [0.29, 0.717) is 4.91 Å². The van der Waals surface area contributed by atoms with Crippen LogP contribution in [0.25, 0.3) is 6.08 Å². The summed E-state index contributed by atoms with van der Waals surface area (Å²) in [5, 5.41) is 11.9. The van der Waals surface area contributed by atoms with Gasteiger partial charge in [0, 0.05) is 13.1 Å². The molecule has 3 rings (SSSR count). The van der Waals surface area contributed by atoms with Crippen molar-refractivity contribution in [1.82, 2.24) is 10.2 Å². The molecule has 1 aliphatic rings. The molecular formula is C19H16N2O4S. The number of phenols is 1. The molecule has 1 fully saturated rings. The molecule has 1 saturated heterocycles. The molecular weight excluding hydrogens is 352 g/mol. The second-order valence-electron chi connectivity index (χ2n) is 5.52. The van der Waals surface area contributed by atoms with E-state index in [9.17, 15) is 19.5 Å². The first-order chi connectivity index (χ1) is 12.6. The van der Waals surface area contributed by atoms with Crippen molar-refractivity contribution in [2.24, 2.45) is 0 Å². The molecule has 0 atom stereocenters. The Balaban J connectivity index is 1.59. The molecule has 2 aromatic carbocycles. The summed E-state index contributed by atoms with van der Waals surface area (Å²) < 4.78 is 0. The maximum atomic E-state index is 12.4. The second kappa shape index (κ2) is 7.88. The summed E-state index contributed by atoms with van der Waals surface area (Å²) >= 11 is 0.880. The first-order valence-corrected chi connectivity index (χ1v) is 8.74. The lowest BCUT2D eigenvalue weighted by atomic mass is 10.2. The van der Waals surface area contributed by atoms with E-state index < -0.39 is 5.91 Å². The highest BCUT2D eigenvalue weighted by Gasteiger charge is 2.34. The third kappa shape index (κ3) is 3.94. The number of imide groups is 1.